The average molecular weight is 486 g/mol. The zero-order valence-corrected chi connectivity index (χ0v) is 21.5. The summed E-state index contributed by atoms with van der Waals surface area (Å²) in [6, 6.07) is 15.7. The van der Waals surface area contributed by atoms with E-state index < -0.39 is 17.7 Å². The van der Waals surface area contributed by atoms with Crippen molar-refractivity contribution in [3.63, 3.8) is 0 Å². The van der Waals surface area contributed by atoms with Crippen molar-refractivity contribution in [3.8, 4) is 11.5 Å². The molecule has 1 saturated heterocycles. The highest BCUT2D eigenvalue weighted by Crippen LogP contribution is 2.44. The monoisotopic (exact) mass is 485 g/mol. The van der Waals surface area contributed by atoms with Crippen LogP contribution in [0.4, 0.5) is 5.69 Å². The Morgan fingerprint density at radius 3 is 2.28 bits per heavy atom. The zero-order valence-electron chi connectivity index (χ0n) is 21.5. The third kappa shape index (κ3) is 4.35. The lowest BCUT2D eigenvalue weighted by Gasteiger charge is -2.27. The summed E-state index contributed by atoms with van der Waals surface area (Å²) >= 11 is 0. The maximum atomic E-state index is 13.5. The van der Waals surface area contributed by atoms with E-state index in [2.05, 4.69) is 0 Å². The molecule has 186 valence electrons. The van der Waals surface area contributed by atoms with E-state index in [0.29, 0.717) is 34.9 Å². The molecule has 1 fully saturated rings. The van der Waals surface area contributed by atoms with Gasteiger partial charge in [-0.05, 0) is 87.2 Å². The van der Waals surface area contributed by atoms with Crippen LogP contribution in [0.2, 0.25) is 0 Å². The van der Waals surface area contributed by atoms with E-state index in [-0.39, 0.29) is 11.3 Å². The van der Waals surface area contributed by atoms with Crippen molar-refractivity contribution in [2.45, 2.75) is 40.7 Å². The van der Waals surface area contributed by atoms with Crippen molar-refractivity contribution in [1.82, 2.24) is 0 Å². The summed E-state index contributed by atoms with van der Waals surface area (Å²) in [5, 5.41) is 11.5. The summed E-state index contributed by atoms with van der Waals surface area (Å²) in [4.78, 5) is 28.5. The van der Waals surface area contributed by atoms with Crippen LogP contribution < -0.4 is 14.4 Å². The van der Waals surface area contributed by atoms with E-state index in [4.69, 9.17) is 9.47 Å². The fourth-order valence-electron chi connectivity index (χ4n) is 4.56. The van der Waals surface area contributed by atoms with Crippen LogP contribution in [-0.2, 0) is 9.59 Å². The van der Waals surface area contributed by atoms with Gasteiger partial charge in [0, 0.05) is 11.3 Å². The topological polar surface area (TPSA) is 76.1 Å². The lowest BCUT2D eigenvalue weighted by atomic mass is 9.93. The molecule has 1 aliphatic rings. The minimum Gasteiger partial charge on any atom is -0.507 e. The van der Waals surface area contributed by atoms with E-state index in [1.807, 2.05) is 71.0 Å². The Hall–Kier alpha value is -4.06. The van der Waals surface area contributed by atoms with Gasteiger partial charge < -0.3 is 14.6 Å². The third-order valence-electron chi connectivity index (χ3n) is 6.66. The molecular formula is C30H31NO5. The Kier molecular flexibility index (Phi) is 6.88. The van der Waals surface area contributed by atoms with Gasteiger partial charge in [-0.25, -0.2) is 0 Å². The van der Waals surface area contributed by atoms with Gasteiger partial charge in [-0.2, -0.15) is 0 Å². The van der Waals surface area contributed by atoms with E-state index in [1.165, 1.54) is 4.90 Å². The van der Waals surface area contributed by atoms with Crippen molar-refractivity contribution >= 4 is 23.1 Å². The number of ketones is 1. The number of ether oxygens (including phenoxy) is 2. The summed E-state index contributed by atoms with van der Waals surface area (Å²) in [5.74, 6) is -0.581. The van der Waals surface area contributed by atoms with Gasteiger partial charge in [0.2, 0.25) is 0 Å². The van der Waals surface area contributed by atoms with Crippen LogP contribution in [0.1, 0.15) is 46.3 Å². The summed E-state index contributed by atoms with van der Waals surface area (Å²) in [6.07, 6.45) is 0. The molecule has 1 unspecified atom stereocenters. The number of anilines is 1. The highest BCUT2D eigenvalue weighted by Gasteiger charge is 2.47. The van der Waals surface area contributed by atoms with Gasteiger partial charge in [0.1, 0.15) is 5.76 Å². The largest absolute Gasteiger partial charge is 0.507 e. The Balaban J connectivity index is 2.01. The number of amides is 1. The van der Waals surface area contributed by atoms with Crippen molar-refractivity contribution < 1.29 is 24.2 Å². The second kappa shape index (κ2) is 9.90. The SMILES string of the molecule is CCOc1cc(C2/C(=C(\O)c3cc(C)ccc3C)C(=O)C(=O)N2c2ccc(C)c(C)c2)ccc1OC. The van der Waals surface area contributed by atoms with Gasteiger partial charge in [-0.1, -0.05) is 29.8 Å². The molecule has 0 saturated carbocycles. The predicted octanol–water partition coefficient (Wildman–Crippen LogP) is 5.95. The lowest BCUT2D eigenvalue weighted by Crippen LogP contribution is -2.29. The van der Waals surface area contributed by atoms with E-state index in [0.717, 1.165) is 22.3 Å². The molecule has 1 amide bonds. The van der Waals surface area contributed by atoms with Crippen LogP contribution in [0.15, 0.2) is 60.2 Å². The van der Waals surface area contributed by atoms with Crippen molar-refractivity contribution in [3.05, 3.63) is 93.6 Å². The van der Waals surface area contributed by atoms with E-state index in [9.17, 15) is 14.7 Å². The summed E-state index contributed by atoms with van der Waals surface area (Å²) in [6.45, 7) is 10.0. The standard InChI is InChI=1S/C30H31NO5/c1-7-36-25-16-21(11-13-24(25)35-6)27-26(28(32)23-14-17(2)8-9-19(23)4)29(33)30(34)31(27)22-12-10-18(3)20(5)15-22/h8-16,27,32H,7H2,1-6H3/b28-26+. The van der Waals surface area contributed by atoms with Crippen LogP contribution >= 0.6 is 0 Å². The van der Waals surface area contributed by atoms with Gasteiger partial charge in [0.25, 0.3) is 11.7 Å². The Morgan fingerprint density at radius 1 is 0.889 bits per heavy atom. The van der Waals surface area contributed by atoms with Crippen LogP contribution in [0.3, 0.4) is 0 Å². The number of hydrogen-bond acceptors (Lipinski definition) is 5. The summed E-state index contributed by atoms with van der Waals surface area (Å²) < 4.78 is 11.2. The minimum absolute atomic E-state index is 0.0412. The van der Waals surface area contributed by atoms with Gasteiger partial charge in [-0.15, -0.1) is 0 Å². The Bertz CT molecular complexity index is 1390. The van der Waals surface area contributed by atoms with Crippen LogP contribution in [0.5, 0.6) is 11.5 Å². The maximum absolute atomic E-state index is 13.5. The number of Topliss-reactive ketones (excluding diaryl/α,β-unsaturated/α-hetero) is 1. The van der Waals surface area contributed by atoms with E-state index in [1.54, 1.807) is 25.3 Å². The Labute approximate surface area is 211 Å². The highest BCUT2D eigenvalue weighted by atomic mass is 16.5. The molecule has 1 aliphatic heterocycles. The summed E-state index contributed by atoms with van der Waals surface area (Å²) in [7, 11) is 1.55. The maximum Gasteiger partial charge on any atom is 0.300 e. The smallest absolute Gasteiger partial charge is 0.300 e. The van der Waals surface area contributed by atoms with Crippen LogP contribution in [0, 0.1) is 27.7 Å². The van der Waals surface area contributed by atoms with E-state index >= 15 is 0 Å². The molecule has 1 N–H and O–H groups in total. The molecular weight excluding hydrogens is 454 g/mol. The molecule has 0 bridgehead atoms. The predicted molar refractivity (Wildman–Crippen MR) is 141 cm³/mol. The average Bonchev–Trinajstić information content (AvgIpc) is 3.12. The number of hydrogen-bond donors (Lipinski definition) is 1. The van der Waals surface area contributed by atoms with Gasteiger partial charge in [0.05, 0.1) is 25.3 Å². The molecule has 0 aliphatic carbocycles. The molecule has 0 spiro atoms. The molecule has 3 aromatic carbocycles. The Morgan fingerprint density at radius 2 is 1.61 bits per heavy atom. The van der Waals surface area contributed by atoms with Crippen molar-refractivity contribution in [1.29, 1.82) is 0 Å². The lowest BCUT2D eigenvalue weighted by molar-refractivity contribution is -0.132. The number of benzene rings is 3. The number of rotatable bonds is 6. The fourth-order valence-corrected chi connectivity index (χ4v) is 4.56. The first-order valence-corrected chi connectivity index (χ1v) is 11.9. The zero-order chi connectivity index (χ0) is 26.1. The molecule has 6 nitrogen and oxygen atoms in total. The first-order valence-electron chi connectivity index (χ1n) is 11.9. The number of aliphatic hydroxyl groups excluding tert-OH is 1. The molecule has 4 rings (SSSR count). The first kappa shape index (κ1) is 25.0. The molecule has 0 radical (unpaired) electrons. The second-order valence-corrected chi connectivity index (χ2v) is 9.10. The molecule has 36 heavy (non-hydrogen) atoms. The number of methoxy groups -OCH3 is 1. The first-order chi connectivity index (χ1) is 17.2. The summed E-state index contributed by atoms with van der Waals surface area (Å²) in [5.41, 5.74) is 5.58. The van der Waals surface area contributed by atoms with Gasteiger partial charge in [-0.3, -0.25) is 14.5 Å². The number of aliphatic hydroxyl groups is 1. The van der Waals surface area contributed by atoms with Crippen LogP contribution in [0.25, 0.3) is 5.76 Å². The van der Waals surface area contributed by atoms with Crippen LogP contribution in [-0.4, -0.2) is 30.5 Å². The normalized spacial score (nSPS) is 16.9. The molecule has 3 aromatic rings. The number of aryl methyl sites for hydroxylation is 4. The molecule has 6 heteroatoms. The number of nitrogens with zero attached hydrogens (tertiary/aromatic N) is 1. The quantitative estimate of drug-likeness (QED) is 0.265. The fraction of sp³-hybridized carbons (Fsp3) is 0.267. The minimum atomic E-state index is -0.850. The van der Waals surface area contributed by atoms with Crippen molar-refractivity contribution in [2.24, 2.45) is 0 Å². The number of carbonyl (C=O) groups is 2. The molecule has 0 aromatic heterocycles. The second-order valence-electron chi connectivity index (χ2n) is 9.10. The molecule has 1 atom stereocenters. The highest BCUT2D eigenvalue weighted by molar-refractivity contribution is 6.51. The molecule has 1 heterocycles. The van der Waals surface area contributed by atoms with Gasteiger partial charge in [0.15, 0.2) is 11.5 Å². The van der Waals surface area contributed by atoms with Crippen molar-refractivity contribution in [2.75, 3.05) is 18.6 Å². The van der Waals surface area contributed by atoms with Gasteiger partial charge >= 0.3 is 0 Å². The third-order valence-corrected chi connectivity index (χ3v) is 6.66. The number of carbonyl (C=O) groups excluding carboxylic acids is 2.